The molecule has 2 aliphatic heterocycles. The molecule has 0 bridgehead atoms. The van der Waals surface area contributed by atoms with Crippen molar-refractivity contribution in [2.45, 2.75) is 86.3 Å². The minimum absolute atomic E-state index is 0.157. The largest absolute Gasteiger partial charge is 0.388 e. The average molecular weight is 437 g/mol. The maximum atomic E-state index is 12.9. The van der Waals surface area contributed by atoms with Gasteiger partial charge in [0.05, 0.1) is 17.5 Å². The number of carbonyl (C=O) groups is 1. The molecule has 162 valence electrons. The lowest BCUT2D eigenvalue weighted by molar-refractivity contribution is -0.205. The van der Waals surface area contributed by atoms with Gasteiger partial charge in [-0.15, -0.1) is 23.4 Å². The summed E-state index contributed by atoms with van der Waals surface area (Å²) in [4.78, 5) is 12.9. The maximum absolute atomic E-state index is 12.9. The molecule has 1 aliphatic carbocycles. The number of piperidine rings is 1. The first-order valence-corrected chi connectivity index (χ1v) is 11.9. The van der Waals surface area contributed by atoms with Crippen molar-refractivity contribution in [1.29, 1.82) is 0 Å². The van der Waals surface area contributed by atoms with Gasteiger partial charge in [-0.2, -0.15) is 0 Å². The van der Waals surface area contributed by atoms with Crippen molar-refractivity contribution in [2.75, 3.05) is 12.8 Å². The van der Waals surface area contributed by atoms with Crippen molar-refractivity contribution in [1.82, 2.24) is 10.6 Å². The van der Waals surface area contributed by atoms with E-state index in [1.165, 1.54) is 31.0 Å². The molecule has 3 rings (SSSR count). The monoisotopic (exact) mass is 436 g/mol. The summed E-state index contributed by atoms with van der Waals surface area (Å²) in [6.07, 6.45) is 2.67. The second kappa shape index (κ2) is 9.81. The summed E-state index contributed by atoms with van der Waals surface area (Å²) in [6, 6.07) is -0.977. The van der Waals surface area contributed by atoms with E-state index in [0.29, 0.717) is 5.92 Å². The molecule has 1 amide bonds. The van der Waals surface area contributed by atoms with Gasteiger partial charge in [0.25, 0.3) is 0 Å². The van der Waals surface area contributed by atoms with Crippen LogP contribution in [0.15, 0.2) is 0 Å². The Hall–Kier alpha value is -0.0900. The van der Waals surface area contributed by atoms with Crippen molar-refractivity contribution < 1.29 is 24.9 Å². The SMILES string of the molecule is CS[C@H]1O[C@H]([C@H](NC(=O)[C@@H]2C[C@H](CC3CC3)CCN2)[C@H](C)Cl)[C@H](O)[C@H](O)[C@H]1O. The first kappa shape index (κ1) is 22.6. The van der Waals surface area contributed by atoms with Gasteiger partial charge in [0, 0.05) is 0 Å². The van der Waals surface area contributed by atoms with Crippen molar-refractivity contribution in [3.63, 3.8) is 0 Å². The van der Waals surface area contributed by atoms with Crippen LogP contribution < -0.4 is 10.6 Å². The quantitative estimate of drug-likeness (QED) is 0.368. The highest BCUT2D eigenvalue weighted by molar-refractivity contribution is 7.99. The molecule has 0 aromatic heterocycles. The van der Waals surface area contributed by atoms with Crippen LogP contribution in [0.1, 0.15) is 39.0 Å². The molecule has 0 spiro atoms. The van der Waals surface area contributed by atoms with Crippen molar-refractivity contribution in [2.24, 2.45) is 11.8 Å². The minimum atomic E-state index is -1.36. The molecule has 2 heterocycles. The fourth-order valence-electron chi connectivity index (χ4n) is 4.32. The van der Waals surface area contributed by atoms with Gasteiger partial charge in [-0.1, -0.05) is 12.8 Å². The number of aliphatic hydroxyl groups is 3. The van der Waals surface area contributed by atoms with E-state index < -0.39 is 41.3 Å². The number of amides is 1. The van der Waals surface area contributed by atoms with E-state index in [4.69, 9.17) is 16.3 Å². The Morgan fingerprint density at radius 1 is 1.21 bits per heavy atom. The molecule has 9 atom stereocenters. The Kier molecular flexibility index (Phi) is 7.92. The number of ether oxygens (including phenoxy) is 1. The zero-order valence-electron chi connectivity index (χ0n) is 16.5. The number of hydrogen-bond acceptors (Lipinski definition) is 7. The Bertz CT molecular complexity index is 536. The van der Waals surface area contributed by atoms with Crippen LogP contribution in [-0.4, -0.2) is 81.3 Å². The zero-order valence-corrected chi connectivity index (χ0v) is 18.0. The number of thioether (sulfide) groups is 1. The molecule has 2 saturated heterocycles. The molecule has 3 fully saturated rings. The third-order valence-electron chi connectivity index (χ3n) is 6.19. The van der Waals surface area contributed by atoms with E-state index >= 15 is 0 Å². The van der Waals surface area contributed by atoms with E-state index in [1.54, 1.807) is 13.2 Å². The van der Waals surface area contributed by atoms with Crippen LogP contribution in [0.5, 0.6) is 0 Å². The van der Waals surface area contributed by atoms with Crippen molar-refractivity contribution in [3.05, 3.63) is 0 Å². The standard InChI is InChI=1S/C19H33ClN2O5S/c1-9(20)13(17-15(24)14(23)16(25)19(27-17)28-2)22-18(26)12-8-11(5-6-21-12)7-10-3-4-10/h9-17,19,21,23-25H,3-8H2,1-2H3,(H,22,26)/t9-,11-,12-,13+,14-,15+,16+,17+,19+/m0/s1. The summed E-state index contributed by atoms with van der Waals surface area (Å²) in [6.45, 7) is 2.54. The highest BCUT2D eigenvalue weighted by Crippen LogP contribution is 2.38. The van der Waals surface area contributed by atoms with Gasteiger partial charge in [-0.3, -0.25) is 4.79 Å². The second-order valence-electron chi connectivity index (χ2n) is 8.46. The first-order chi connectivity index (χ1) is 13.3. The fraction of sp³-hybridized carbons (Fsp3) is 0.947. The maximum Gasteiger partial charge on any atom is 0.237 e. The van der Waals surface area contributed by atoms with E-state index in [0.717, 1.165) is 25.3 Å². The summed E-state index contributed by atoms with van der Waals surface area (Å²) in [5, 5.41) is 36.4. The summed E-state index contributed by atoms with van der Waals surface area (Å²) < 4.78 is 5.81. The Labute approximate surface area is 175 Å². The Balaban J connectivity index is 1.63. The first-order valence-electron chi connectivity index (χ1n) is 10.2. The number of alkyl halides is 1. The molecule has 0 aromatic carbocycles. The van der Waals surface area contributed by atoms with Crippen LogP contribution in [0.2, 0.25) is 0 Å². The normalized spacial score (nSPS) is 41.3. The Morgan fingerprint density at radius 2 is 1.93 bits per heavy atom. The third kappa shape index (κ3) is 5.33. The molecule has 0 aromatic rings. The number of aliphatic hydroxyl groups excluding tert-OH is 3. The number of rotatable bonds is 7. The van der Waals surface area contributed by atoms with Gasteiger partial charge < -0.3 is 30.7 Å². The van der Waals surface area contributed by atoms with Gasteiger partial charge in [0.15, 0.2) is 0 Å². The molecule has 5 N–H and O–H groups in total. The molecule has 0 radical (unpaired) electrons. The predicted molar refractivity (Wildman–Crippen MR) is 109 cm³/mol. The molecule has 9 heteroatoms. The van der Waals surface area contributed by atoms with Crippen LogP contribution in [0.25, 0.3) is 0 Å². The van der Waals surface area contributed by atoms with Crippen molar-refractivity contribution >= 4 is 29.3 Å². The highest BCUT2D eigenvalue weighted by Gasteiger charge is 2.48. The molecule has 7 nitrogen and oxygen atoms in total. The topological polar surface area (TPSA) is 111 Å². The molecular weight excluding hydrogens is 404 g/mol. The summed E-state index contributed by atoms with van der Waals surface area (Å²) in [7, 11) is 0. The van der Waals surface area contributed by atoms with E-state index in [-0.39, 0.29) is 11.9 Å². The van der Waals surface area contributed by atoms with Crippen LogP contribution in [0, 0.1) is 11.8 Å². The lowest BCUT2D eigenvalue weighted by atomic mass is 9.87. The van der Waals surface area contributed by atoms with E-state index in [9.17, 15) is 20.1 Å². The molecule has 28 heavy (non-hydrogen) atoms. The number of nitrogens with one attached hydrogen (secondary N) is 2. The number of halogens is 1. The smallest absolute Gasteiger partial charge is 0.237 e. The van der Waals surface area contributed by atoms with Gasteiger partial charge >= 0.3 is 0 Å². The van der Waals surface area contributed by atoms with Crippen LogP contribution in [0.4, 0.5) is 0 Å². The van der Waals surface area contributed by atoms with Gasteiger partial charge in [0.2, 0.25) is 5.91 Å². The predicted octanol–water partition coefficient (Wildman–Crippen LogP) is 0.437. The number of hydrogen-bond donors (Lipinski definition) is 5. The van der Waals surface area contributed by atoms with Crippen LogP contribution in [0.3, 0.4) is 0 Å². The Morgan fingerprint density at radius 3 is 2.54 bits per heavy atom. The molecule has 0 unspecified atom stereocenters. The van der Waals surface area contributed by atoms with Gasteiger partial charge in [-0.05, 0) is 50.8 Å². The highest BCUT2D eigenvalue weighted by atomic mass is 35.5. The van der Waals surface area contributed by atoms with E-state index in [2.05, 4.69) is 10.6 Å². The van der Waals surface area contributed by atoms with Crippen molar-refractivity contribution in [3.8, 4) is 0 Å². The van der Waals surface area contributed by atoms with Gasteiger partial charge in [0.1, 0.15) is 29.9 Å². The van der Waals surface area contributed by atoms with Crippen LogP contribution in [-0.2, 0) is 9.53 Å². The molecule has 3 aliphatic rings. The third-order valence-corrected chi connectivity index (χ3v) is 7.32. The van der Waals surface area contributed by atoms with Gasteiger partial charge in [-0.25, -0.2) is 0 Å². The zero-order chi connectivity index (χ0) is 20.4. The molecular formula is C19H33ClN2O5S. The number of carbonyl (C=O) groups excluding carboxylic acids is 1. The average Bonchev–Trinajstić information content (AvgIpc) is 3.49. The summed E-state index contributed by atoms with van der Waals surface area (Å²) in [5.74, 6) is 1.24. The summed E-state index contributed by atoms with van der Waals surface area (Å²) >= 11 is 7.57. The lowest BCUT2D eigenvalue weighted by Gasteiger charge is -2.44. The minimum Gasteiger partial charge on any atom is -0.388 e. The van der Waals surface area contributed by atoms with E-state index in [1.807, 2.05) is 0 Å². The fourth-order valence-corrected chi connectivity index (χ4v) is 5.21. The second-order valence-corrected chi connectivity index (χ2v) is 10.1. The lowest BCUT2D eigenvalue weighted by Crippen LogP contribution is -2.65. The van der Waals surface area contributed by atoms with Crippen LogP contribution >= 0.6 is 23.4 Å². The molecule has 1 saturated carbocycles. The summed E-state index contributed by atoms with van der Waals surface area (Å²) in [5.41, 5.74) is -0.700.